The first-order valence-electron chi connectivity index (χ1n) is 6.89. The minimum atomic E-state index is -0.0160. The second-order valence-electron chi connectivity index (χ2n) is 5.50. The van der Waals surface area contributed by atoms with Gasteiger partial charge in [-0.3, -0.25) is 9.69 Å². The van der Waals surface area contributed by atoms with Crippen molar-refractivity contribution in [1.82, 2.24) is 15.4 Å². The lowest BCUT2D eigenvalue weighted by atomic mass is 9.93. The van der Waals surface area contributed by atoms with Crippen molar-refractivity contribution in [3.63, 3.8) is 0 Å². The first kappa shape index (κ1) is 15.3. The summed E-state index contributed by atoms with van der Waals surface area (Å²) in [4.78, 5) is 14.2. The Morgan fingerprint density at radius 2 is 2.45 bits per heavy atom. The maximum absolute atomic E-state index is 11.9. The van der Waals surface area contributed by atoms with E-state index in [1.807, 2.05) is 0 Å². The van der Waals surface area contributed by atoms with Crippen molar-refractivity contribution in [3.8, 4) is 0 Å². The van der Waals surface area contributed by atoms with Crippen molar-refractivity contribution in [1.29, 1.82) is 0 Å². The number of hydrogen-bond acceptors (Lipinski definition) is 5. The summed E-state index contributed by atoms with van der Waals surface area (Å²) in [5, 5.41) is 10.1. The number of nitrogens with one attached hydrogen (secondary N) is 2. The molecule has 3 rings (SSSR count). The average Bonchev–Trinajstić information content (AvgIpc) is 2.97. The topological polar surface area (TPSA) is 70.4 Å². The second kappa shape index (κ2) is 6.56. The highest BCUT2D eigenvalue weighted by Crippen LogP contribution is 2.24. The van der Waals surface area contributed by atoms with Crippen molar-refractivity contribution in [2.75, 3.05) is 31.5 Å². The molecule has 0 saturated carbocycles. The van der Waals surface area contributed by atoms with Crippen molar-refractivity contribution in [2.24, 2.45) is 5.92 Å². The van der Waals surface area contributed by atoms with Crippen molar-refractivity contribution >= 4 is 24.1 Å². The molecule has 2 unspecified atom stereocenters. The number of piperidine rings is 1. The number of nitrogens with zero attached hydrogens (tertiary/aromatic N) is 2. The Balaban J connectivity index is 0.00000147. The van der Waals surface area contributed by atoms with Crippen molar-refractivity contribution < 1.29 is 9.32 Å². The number of hydrogen-bond donors (Lipinski definition) is 2. The summed E-state index contributed by atoms with van der Waals surface area (Å²) in [6.45, 7) is 5.37. The van der Waals surface area contributed by atoms with Crippen LogP contribution in [0.1, 0.15) is 18.6 Å². The number of carbonyl (C=O) groups excluding carboxylic acids is 1. The number of aromatic nitrogens is 1. The molecule has 0 spiro atoms. The lowest BCUT2D eigenvalue weighted by molar-refractivity contribution is -0.117. The number of rotatable bonds is 3. The van der Waals surface area contributed by atoms with Gasteiger partial charge in [0.2, 0.25) is 5.91 Å². The molecule has 2 atom stereocenters. The number of anilines is 1. The van der Waals surface area contributed by atoms with Crippen molar-refractivity contribution in [2.45, 2.75) is 25.8 Å². The SMILES string of the molecule is Cc1cc(NC(=O)CN2CCC3NCCC3C2)no1.Cl. The number of likely N-dealkylation sites (tertiary alicyclic amines) is 1. The second-order valence-corrected chi connectivity index (χ2v) is 5.50. The Bertz CT molecular complexity index is 465. The minimum absolute atomic E-state index is 0. The molecule has 7 heteroatoms. The molecule has 0 aliphatic carbocycles. The molecular weight excluding hydrogens is 280 g/mol. The van der Waals surface area contributed by atoms with Crippen LogP contribution in [0.3, 0.4) is 0 Å². The molecule has 0 bridgehead atoms. The fourth-order valence-electron chi connectivity index (χ4n) is 3.08. The fraction of sp³-hybridized carbons (Fsp3) is 0.692. The van der Waals surface area contributed by atoms with Gasteiger partial charge in [-0.2, -0.15) is 0 Å². The number of fused-ring (bicyclic) bond motifs is 1. The molecule has 1 aromatic rings. The van der Waals surface area contributed by atoms with Crippen LogP contribution in [0.5, 0.6) is 0 Å². The van der Waals surface area contributed by atoms with E-state index < -0.39 is 0 Å². The van der Waals surface area contributed by atoms with E-state index >= 15 is 0 Å². The van der Waals surface area contributed by atoms with Gasteiger partial charge in [0.25, 0.3) is 0 Å². The highest BCUT2D eigenvalue weighted by molar-refractivity contribution is 5.91. The van der Waals surface area contributed by atoms with Crippen LogP contribution >= 0.6 is 12.4 Å². The fourth-order valence-corrected chi connectivity index (χ4v) is 3.08. The first-order chi connectivity index (χ1) is 9.20. The van der Waals surface area contributed by atoms with E-state index in [4.69, 9.17) is 4.52 Å². The Hall–Kier alpha value is -1.11. The maximum Gasteiger partial charge on any atom is 0.239 e. The van der Waals surface area contributed by atoms with Gasteiger partial charge in [0, 0.05) is 25.2 Å². The summed E-state index contributed by atoms with van der Waals surface area (Å²) < 4.78 is 4.93. The Kier molecular flexibility index (Phi) is 5.01. The molecule has 1 amide bonds. The Morgan fingerprint density at radius 1 is 1.60 bits per heavy atom. The molecule has 1 aromatic heterocycles. The highest BCUT2D eigenvalue weighted by Gasteiger charge is 2.32. The third kappa shape index (κ3) is 3.50. The lowest BCUT2D eigenvalue weighted by Gasteiger charge is -2.34. The van der Waals surface area contributed by atoms with Gasteiger partial charge >= 0.3 is 0 Å². The first-order valence-corrected chi connectivity index (χ1v) is 6.89. The van der Waals surface area contributed by atoms with E-state index in [1.54, 1.807) is 13.0 Å². The summed E-state index contributed by atoms with van der Waals surface area (Å²) in [5.41, 5.74) is 0. The molecule has 2 fully saturated rings. The van der Waals surface area contributed by atoms with Crippen LogP contribution in [0, 0.1) is 12.8 Å². The summed E-state index contributed by atoms with van der Waals surface area (Å²) in [7, 11) is 0. The summed E-state index contributed by atoms with van der Waals surface area (Å²) >= 11 is 0. The molecule has 2 aliphatic heterocycles. The van der Waals surface area contributed by atoms with E-state index in [1.165, 1.54) is 6.42 Å². The van der Waals surface area contributed by atoms with E-state index in [0.29, 0.717) is 30.1 Å². The zero-order valence-corrected chi connectivity index (χ0v) is 12.4. The molecule has 3 heterocycles. The van der Waals surface area contributed by atoms with E-state index in [9.17, 15) is 4.79 Å². The molecule has 20 heavy (non-hydrogen) atoms. The predicted molar refractivity (Wildman–Crippen MR) is 78.1 cm³/mol. The summed E-state index contributed by atoms with van der Waals surface area (Å²) in [6, 6.07) is 2.39. The quantitative estimate of drug-likeness (QED) is 0.872. The van der Waals surface area contributed by atoms with Gasteiger partial charge in [0.15, 0.2) is 5.82 Å². The van der Waals surface area contributed by atoms with Gasteiger partial charge in [-0.15, -0.1) is 12.4 Å². The lowest BCUT2D eigenvalue weighted by Crippen LogP contribution is -2.46. The van der Waals surface area contributed by atoms with E-state index in [0.717, 1.165) is 26.1 Å². The molecule has 2 aliphatic rings. The van der Waals surface area contributed by atoms with Crippen molar-refractivity contribution in [3.05, 3.63) is 11.8 Å². The zero-order valence-electron chi connectivity index (χ0n) is 11.6. The van der Waals surface area contributed by atoms with Crippen LogP contribution in [0.25, 0.3) is 0 Å². The molecule has 2 saturated heterocycles. The van der Waals surface area contributed by atoms with Gasteiger partial charge in [0.1, 0.15) is 5.76 Å². The summed E-state index contributed by atoms with van der Waals surface area (Å²) in [5.74, 6) is 1.89. The molecule has 112 valence electrons. The number of halogens is 1. The van der Waals surface area contributed by atoms with Crippen LogP contribution in [-0.4, -0.2) is 48.2 Å². The molecule has 6 nitrogen and oxygen atoms in total. The Morgan fingerprint density at radius 3 is 3.20 bits per heavy atom. The molecule has 0 radical (unpaired) electrons. The van der Waals surface area contributed by atoms with Crippen LogP contribution < -0.4 is 10.6 Å². The zero-order chi connectivity index (χ0) is 13.2. The van der Waals surface area contributed by atoms with Gasteiger partial charge < -0.3 is 15.2 Å². The number of carbonyl (C=O) groups is 1. The Labute approximate surface area is 124 Å². The largest absolute Gasteiger partial charge is 0.360 e. The van der Waals surface area contributed by atoms with Gasteiger partial charge in [-0.05, 0) is 32.2 Å². The third-order valence-corrected chi connectivity index (χ3v) is 4.00. The normalized spacial score (nSPS) is 25.9. The smallest absolute Gasteiger partial charge is 0.239 e. The highest BCUT2D eigenvalue weighted by atomic mass is 35.5. The third-order valence-electron chi connectivity index (χ3n) is 4.00. The van der Waals surface area contributed by atoms with E-state index in [-0.39, 0.29) is 18.3 Å². The van der Waals surface area contributed by atoms with Crippen LogP contribution in [0.2, 0.25) is 0 Å². The maximum atomic E-state index is 11.9. The predicted octanol–water partition coefficient (Wildman–Crippen LogP) is 1.03. The molecule has 2 N–H and O–H groups in total. The summed E-state index contributed by atoms with van der Waals surface area (Å²) in [6.07, 6.45) is 2.37. The van der Waals surface area contributed by atoms with Gasteiger partial charge in [-0.1, -0.05) is 5.16 Å². The van der Waals surface area contributed by atoms with Crippen LogP contribution in [0.4, 0.5) is 5.82 Å². The van der Waals surface area contributed by atoms with Crippen LogP contribution in [-0.2, 0) is 4.79 Å². The average molecular weight is 301 g/mol. The minimum Gasteiger partial charge on any atom is -0.360 e. The van der Waals surface area contributed by atoms with Gasteiger partial charge in [-0.25, -0.2) is 0 Å². The standard InChI is InChI=1S/C13H20N4O2.ClH/c1-9-6-12(16-19-9)15-13(18)8-17-5-3-11-10(7-17)2-4-14-11;/h6,10-11,14H,2-5,7-8H2,1H3,(H,15,16,18);1H. The van der Waals surface area contributed by atoms with Gasteiger partial charge in [0.05, 0.1) is 6.54 Å². The monoisotopic (exact) mass is 300 g/mol. The molecule has 0 aromatic carbocycles. The van der Waals surface area contributed by atoms with Crippen LogP contribution in [0.15, 0.2) is 10.6 Å². The van der Waals surface area contributed by atoms with E-state index in [2.05, 4.69) is 20.7 Å². The number of aryl methyl sites for hydroxylation is 1. The molecular formula is C13H21ClN4O2. The number of amides is 1.